The first-order valence-electron chi connectivity index (χ1n) is 10.2. The lowest BCUT2D eigenvalue weighted by Crippen LogP contribution is -2.54. The van der Waals surface area contributed by atoms with E-state index >= 15 is 0 Å². The molecular weight excluding hydrogens is 386 g/mol. The lowest BCUT2D eigenvalue weighted by Gasteiger charge is -2.59. The van der Waals surface area contributed by atoms with Crippen molar-refractivity contribution < 1.29 is 4.42 Å². The van der Waals surface area contributed by atoms with Crippen LogP contribution < -0.4 is 5.32 Å². The van der Waals surface area contributed by atoms with E-state index in [0.717, 1.165) is 45.9 Å². The second-order valence-corrected chi connectivity index (χ2v) is 10.1. The van der Waals surface area contributed by atoms with Crippen LogP contribution in [-0.4, -0.2) is 6.04 Å². The van der Waals surface area contributed by atoms with Crippen LogP contribution in [0.15, 0.2) is 45.3 Å². The molecule has 3 heteroatoms. The number of benzene rings is 1. The fourth-order valence-electron chi connectivity index (χ4n) is 6.42. The van der Waals surface area contributed by atoms with Crippen LogP contribution in [0.3, 0.4) is 0 Å². The summed E-state index contributed by atoms with van der Waals surface area (Å²) in [7, 11) is 0. The molecule has 1 aromatic heterocycles. The maximum Gasteiger partial charge on any atom is 0.134 e. The van der Waals surface area contributed by atoms with Crippen molar-refractivity contribution in [2.45, 2.75) is 58.0 Å². The van der Waals surface area contributed by atoms with Gasteiger partial charge in [-0.25, -0.2) is 0 Å². The molecule has 4 aliphatic rings. The fourth-order valence-corrected chi connectivity index (χ4v) is 6.68. The van der Waals surface area contributed by atoms with Crippen LogP contribution in [0.5, 0.6) is 0 Å². The first-order valence-corrected chi connectivity index (χ1v) is 11.0. The van der Waals surface area contributed by atoms with E-state index in [0.29, 0.717) is 11.5 Å². The van der Waals surface area contributed by atoms with Gasteiger partial charge in [0.15, 0.2) is 0 Å². The molecule has 0 spiro atoms. The van der Waals surface area contributed by atoms with Crippen molar-refractivity contribution in [3.8, 4) is 11.3 Å². The van der Waals surface area contributed by atoms with E-state index in [9.17, 15) is 0 Å². The number of nitrogens with one attached hydrogen (secondary N) is 1. The maximum atomic E-state index is 6.10. The van der Waals surface area contributed by atoms with E-state index in [2.05, 4.69) is 64.6 Å². The van der Waals surface area contributed by atoms with E-state index in [1.165, 1.54) is 38.5 Å². The molecule has 0 aliphatic heterocycles. The zero-order chi connectivity index (χ0) is 17.7. The lowest BCUT2D eigenvalue weighted by atomic mass is 9.48. The van der Waals surface area contributed by atoms with Gasteiger partial charge in [0.25, 0.3) is 0 Å². The predicted octanol–water partition coefficient (Wildman–Crippen LogP) is 6.40. The SMILES string of the molecule is C[C@@H](NCc1ccc(-c2ccc(Br)cc2)o1)C12CC3CC(CC(C3)C1)C2. The Hall–Kier alpha value is -1.06. The number of hydrogen-bond acceptors (Lipinski definition) is 2. The molecule has 2 nitrogen and oxygen atoms in total. The molecule has 1 heterocycles. The van der Waals surface area contributed by atoms with Gasteiger partial charge in [-0.1, -0.05) is 28.1 Å². The van der Waals surface area contributed by atoms with Crippen LogP contribution in [0.2, 0.25) is 0 Å². The molecule has 0 amide bonds. The summed E-state index contributed by atoms with van der Waals surface area (Å²) in [6.45, 7) is 3.26. The Labute approximate surface area is 164 Å². The molecule has 2 aromatic rings. The summed E-state index contributed by atoms with van der Waals surface area (Å²) in [5, 5.41) is 3.83. The van der Waals surface area contributed by atoms with Gasteiger partial charge in [-0.15, -0.1) is 0 Å². The molecule has 4 bridgehead atoms. The van der Waals surface area contributed by atoms with Gasteiger partial charge >= 0.3 is 0 Å². The third kappa shape index (κ3) is 3.07. The fraction of sp³-hybridized carbons (Fsp3) is 0.565. The Morgan fingerprint density at radius 3 is 2.23 bits per heavy atom. The molecule has 4 saturated carbocycles. The summed E-state index contributed by atoms with van der Waals surface area (Å²) in [4.78, 5) is 0. The zero-order valence-electron chi connectivity index (χ0n) is 15.5. The number of furan rings is 1. The third-order valence-electron chi connectivity index (χ3n) is 7.38. The van der Waals surface area contributed by atoms with E-state index in [-0.39, 0.29) is 0 Å². The normalized spacial score (nSPS) is 33.5. The highest BCUT2D eigenvalue weighted by Crippen LogP contribution is 2.61. The van der Waals surface area contributed by atoms with E-state index < -0.39 is 0 Å². The van der Waals surface area contributed by atoms with E-state index in [1.807, 2.05) is 0 Å². The summed E-state index contributed by atoms with van der Waals surface area (Å²) >= 11 is 3.49. The van der Waals surface area contributed by atoms with Crippen molar-refractivity contribution in [1.29, 1.82) is 0 Å². The number of halogens is 1. The first-order chi connectivity index (χ1) is 12.6. The highest BCUT2D eigenvalue weighted by molar-refractivity contribution is 9.10. The van der Waals surface area contributed by atoms with Crippen molar-refractivity contribution >= 4 is 15.9 Å². The van der Waals surface area contributed by atoms with Gasteiger partial charge in [-0.05, 0) is 92.9 Å². The Bertz CT molecular complexity index is 742. The van der Waals surface area contributed by atoms with Crippen LogP contribution in [0.1, 0.15) is 51.2 Å². The highest BCUT2D eigenvalue weighted by Gasteiger charge is 2.52. The summed E-state index contributed by atoms with van der Waals surface area (Å²) in [5.74, 6) is 5.03. The van der Waals surface area contributed by atoms with Crippen molar-refractivity contribution in [3.63, 3.8) is 0 Å². The largest absolute Gasteiger partial charge is 0.460 e. The van der Waals surface area contributed by atoms with Gasteiger partial charge in [-0.3, -0.25) is 0 Å². The van der Waals surface area contributed by atoms with Gasteiger partial charge in [0.1, 0.15) is 11.5 Å². The maximum absolute atomic E-state index is 6.10. The van der Waals surface area contributed by atoms with Gasteiger partial charge in [0.05, 0.1) is 6.54 Å². The van der Waals surface area contributed by atoms with Gasteiger partial charge < -0.3 is 9.73 Å². The quantitative estimate of drug-likeness (QED) is 0.612. The van der Waals surface area contributed by atoms with E-state index in [4.69, 9.17) is 4.42 Å². The van der Waals surface area contributed by atoms with Crippen LogP contribution in [0.25, 0.3) is 11.3 Å². The molecule has 6 rings (SSSR count). The second kappa shape index (κ2) is 6.53. The standard InChI is InChI=1S/C23H28BrNO/c1-15(23-11-16-8-17(12-23)10-18(9-16)13-23)25-14-21-6-7-22(26-21)19-2-4-20(24)5-3-19/h2-7,15-18,25H,8-14H2,1H3/t15-,16?,17?,18?,23?/m1/s1. The molecule has 4 aliphatic carbocycles. The van der Waals surface area contributed by atoms with Crippen molar-refractivity contribution in [1.82, 2.24) is 5.32 Å². The van der Waals surface area contributed by atoms with Gasteiger partial charge in [-0.2, -0.15) is 0 Å². The third-order valence-corrected chi connectivity index (χ3v) is 7.91. The molecule has 138 valence electrons. The Balaban J connectivity index is 1.25. The molecule has 0 saturated heterocycles. The van der Waals surface area contributed by atoms with Crippen molar-refractivity contribution in [2.24, 2.45) is 23.2 Å². The summed E-state index contributed by atoms with van der Waals surface area (Å²) in [5.41, 5.74) is 1.68. The van der Waals surface area contributed by atoms with Crippen molar-refractivity contribution in [2.75, 3.05) is 0 Å². The minimum atomic E-state index is 0.551. The molecule has 4 fully saturated rings. The second-order valence-electron chi connectivity index (χ2n) is 9.16. The van der Waals surface area contributed by atoms with Crippen LogP contribution >= 0.6 is 15.9 Å². The zero-order valence-corrected chi connectivity index (χ0v) is 17.1. The van der Waals surface area contributed by atoms with Crippen LogP contribution in [-0.2, 0) is 6.54 Å². The number of rotatable bonds is 5. The highest BCUT2D eigenvalue weighted by atomic mass is 79.9. The van der Waals surface area contributed by atoms with Crippen LogP contribution in [0.4, 0.5) is 0 Å². The molecule has 1 N–H and O–H groups in total. The van der Waals surface area contributed by atoms with Crippen LogP contribution in [0, 0.1) is 23.2 Å². The molecular formula is C23H28BrNO. The van der Waals surface area contributed by atoms with E-state index in [1.54, 1.807) is 0 Å². The molecule has 0 radical (unpaired) electrons. The summed E-state index contributed by atoms with van der Waals surface area (Å²) in [6.07, 6.45) is 8.91. The Kier molecular flexibility index (Phi) is 4.28. The smallest absolute Gasteiger partial charge is 0.134 e. The minimum Gasteiger partial charge on any atom is -0.460 e. The van der Waals surface area contributed by atoms with Gasteiger partial charge in [0.2, 0.25) is 0 Å². The summed E-state index contributed by atoms with van der Waals surface area (Å²) < 4.78 is 7.20. The van der Waals surface area contributed by atoms with Gasteiger partial charge in [0, 0.05) is 16.1 Å². The topological polar surface area (TPSA) is 25.2 Å². The lowest BCUT2D eigenvalue weighted by molar-refractivity contribution is -0.0708. The minimum absolute atomic E-state index is 0.551. The molecule has 26 heavy (non-hydrogen) atoms. The Morgan fingerprint density at radius 1 is 1.00 bits per heavy atom. The predicted molar refractivity (Wildman–Crippen MR) is 109 cm³/mol. The molecule has 1 atom stereocenters. The average molecular weight is 414 g/mol. The summed E-state index contributed by atoms with van der Waals surface area (Å²) in [6, 6.07) is 13.1. The Morgan fingerprint density at radius 2 is 1.62 bits per heavy atom. The monoisotopic (exact) mass is 413 g/mol. The molecule has 0 unspecified atom stereocenters. The average Bonchev–Trinajstić information content (AvgIpc) is 3.08. The van der Waals surface area contributed by atoms with Crippen molar-refractivity contribution in [3.05, 3.63) is 46.6 Å². The number of hydrogen-bond donors (Lipinski definition) is 1. The molecule has 1 aromatic carbocycles. The first kappa shape index (κ1) is 17.1.